The van der Waals surface area contributed by atoms with Crippen LogP contribution in [-0.2, 0) is 28.6 Å². The molecule has 0 aliphatic carbocycles. The van der Waals surface area contributed by atoms with E-state index < -0.39 is 6.10 Å². The molecule has 342 valence electrons. The Hall–Kier alpha value is -2.63. The van der Waals surface area contributed by atoms with Crippen LogP contribution in [0.5, 0.6) is 0 Å². The van der Waals surface area contributed by atoms with Crippen LogP contribution in [0.2, 0.25) is 0 Å². The summed E-state index contributed by atoms with van der Waals surface area (Å²) in [7, 11) is 0. The molecule has 0 spiro atoms. The molecule has 0 saturated heterocycles. The first kappa shape index (κ1) is 56.4. The zero-order valence-corrected chi connectivity index (χ0v) is 39.0. The predicted molar refractivity (Wildman–Crippen MR) is 252 cm³/mol. The monoisotopic (exact) mass is 827 g/mol. The van der Waals surface area contributed by atoms with E-state index in [2.05, 4.69) is 69.4 Å². The molecule has 0 N–H and O–H groups in total. The second kappa shape index (κ2) is 48.0. The van der Waals surface area contributed by atoms with E-state index in [1.165, 1.54) is 128 Å². The predicted octanol–water partition coefficient (Wildman–Crippen LogP) is 16.3. The third kappa shape index (κ3) is 46.3. The lowest BCUT2D eigenvalue weighted by Gasteiger charge is -2.18. The minimum Gasteiger partial charge on any atom is -0.462 e. The standard InChI is InChI=1S/C53H94O6/c1-4-7-10-13-16-19-22-24-25-26-27-28-29-32-34-37-40-43-46-52(55)58-49-50(48-57-51(54)45-42-39-36-33-30-21-18-15-12-9-6-3)59-53(56)47-44-41-38-35-31-23-20-17-14-11-8-5-2/h9,12,17-18,20-21,33,36,50H,4-8,10-11,13-16,19,22-32,34-35,37-49H2,1-3H3/b12-9-,20-17-,21-18-,36-33-. The molecule has 0 saturated carbocycles. The highest BCUT2D eigenvalue weighted by atomic mass is 16.6. The Morgan fingerprint density at radius 2 is 0.678 bits per heavy atom. The van der Waals surface area contributed by atoms with Crippen LogP contribution in [0.15, 0.2) is 48.6 Å². The van der Waals surface area contributed by atoms with E-state index in [1.807, 2.05) is 0 Å². The van der Waals surface area contributed by atoms with Crippen molar-refractivity contribution in [2.75, 3.05) is 13.2 Å². The van der Waals surface area contributed by atoms with Gasteiger partial charge in [0.2, 0.25) is 0 Å². The second-order valence-electron chi connectivity index (χ2n) is 16.7. The van der Waals surface area contributed by atoms with Crippen molar-refractivity contribution in [3.05, 3.63) is 48.6 Å². The van der Waals surface area contributed by atoms with Crippen molar-refractivity contribution in [2.45, 2.75) is 258 Å². The largest absolute Gasteiger partial charge is 0.462 e. The fourth-order valence-corrected chi connectivity index (χ4v) is 7.05. The fraction of sp³-hybridized carbons (Fsp3) is 0.792. The average molecular weight is 827 g/mol. The normalized spacial score (nSPS) is 12.4. The summed E-state index contributed by atoms with van der Waals surface area (Å²) in [5, 5.41) is 0. The maximum Gasteiger partial charge on any atom is 0.306 e. The summed E-state index contributed by atoms with van der Waals surface area (Å²) in [5.41, 5.74) is 0. The molecule has 0 fully saturated rings. The maximum absolute atomic E-state index is 12.7. The maximum atomic E-state index is 12.7. The van der Waals surface area contributed by atoms with E-state index >= 15 is 0 Å². The molecule has 0 aromatic carbocycles. The van der Waals surface area contributed by atoms with Gasteiger partial charge in [-0.3, -0.25) is 14.4 Å². The summed E-state index contributed by atoms with van der Waals surface area (Å²) in [6, 6.07) is 0. The molecule has 0 aromatic rings. The van der Waals surface area contributed by atoms with Crippen molar-refractivity contribution >= 4 is 17.9 Å². The van der Waals surface area contributed by atoms with Crippen LogP contribution in [-0.4, -0.2) is 37.2 Å². The number of ether oxygens (including phenoxy) is 3. The van der Waals surface area contributed by atoms with Crippen LogP contribution in [0, 0.1) is 0 Å². The summed E-state index contributed by atoms with van der Waals surface area (Å²) in [6.45, 7) is 6.45. The molecule has 0 amide bonds. The fourth-order valence-electron chi connectivity index (χ4n) is 7.05. The molecule has 0 aromatic heterocycles. The molecule has 1 unspecified atom stereocenters. The first-order valence-electron chi connectivity index (χ1n) is 25.1. The van der Waals surface area contributed by atoms with Crippen LogP contribution in [0.25, 0.3) is 0 Å². The highest BCUT2D eigenvalue weighted by Crippen LogP contribution is 2.16. The van der Waals surface area contributed by atoms with E-state index in [9.17, 15) is 14.4 Å². The molecule has 0 rings (SSSR count). The Morgan fingerprint density at radius 1 is 0.356 bits per heavy atom. The van der Waals surface area contributed by atoms with Crippen molar-refractivity contribution in [3.8, 4) is 0 Å². The van der Waals surface area contributed by atoms with E-state index in [0.717, 1.165) is 77.0 Å². The van der Waals surface area contributed by atoms with Crippen molar-refractivity contribution in [3.63, 3.8) is 0 Å². The zero-order chi connectivity index (χ0) is 43.0. The third-order valence-corrected chi connectivity index (χ3v) is 10.8. The molecular weight excluding hydrogens is 733 g/mol. The highest BCUT2D eigenvalue weighted by molar-refractivity contribution is 5.71. The van der Waals surface area contributed by atoms with E-state index in [4.69, 9.17) is 14.2 Å². The van der Waals surface area contributed by atoms with Gasteiger partial charge in [0.05, 0.1) is 0 Å². The Morgan fingerprint density at radius 3 is 1.15 bits per heavy atom. The second-order valence-corrected chi connectivity index (χ2v) is 16.7. The Labute approximate surface area is 365 Å². The first-order chi connectivity index (χ1) is 29.0. The third-order valence-electron chi connectivity index (χ3n) is 10.8. The van der Waals surface area contributed by atoms with E-state index in [1.54, 1.807) is 0 Å². The van der Waals surface area contributed by atoms with Gasteiger partial charge >= 0.3 is 17.9 Å². The average Bonchev–Trinajstić information content (AvgIpc) is 3.23. The van der Waals surface area contributed by atoms with Crippen LogP contribution in [0.4, 0.5) is 0 Å². The molecule has 1 atom stereocenters. The number of esters is 3. The van der Waals surface area contributed by atoms with Crippen LogP contribution in [0.1, 0.15) is 252 Å². The molecule has 0 radical (unpaired) electrons. The lowest BCUT2D eigenvalue weighted by Crippen LogP contribution is -2.30. The number of hydrogen-bond donors (Lipinski definition) is 0. The number of hydrogen-bond acceptors (Lipinski definition) is 6. The SMILES string of the molecule is CC/C=C\C/C=C\C/C=C\CCCC(=O)OCC(COC(=O)CCCCCCCCCCCCCCCCCCCC)OC(=O)CCCCCCC/C=C\CCCCC. The van der Waals surface area contributed by atoms with Gasteiger partial charge < -0.3 is 14.2 Å². The van der Waals surface area contributed by atoms with Gasteiger partial charge in [-0.2, -0.15) is 0 Å². The van der Waals surface area contributed by atoms with Crippen LogP contribution < -0.4 is 0 Å². The first-order valence-corrected chi connectivity index (χ1v) is 25.1. The van der Waals surface area contributed by atoms with Gasteiger partial charge in [0, 0.05) is 19.3 Å². The summed E-state index contributed by atoms with van der Waals surface area (Å²) >= 11 is 0. The molecule has 6 nitrogen and oxygen atoms in total. The van der Waals surface area contributed by atoms with E-state index in [0.29, 0.717) is 19.3 Å². The lowest BCUT2D eigenvalue weighted by molar-refractivity contribution is -0.167. The number of carbonyl (C=O) groups is 3. The van der Waals surface area contributed by atoms with Crippen molar-refractivity contribution in [2.24, 2.45) is 0 Å². The van der Waals surface area contributed by atoms with Crippen molar-refractivity contribution in [1.82, 2.24) is 0 Å². The molecule has 0 aliphatic rings. The Balaban J connectivity index is 4.34. The van der Waals surface area contributed by atoms with E-state index in [-0.39, 0.29) is 37.5 Å². The zero-order valence-electron chi connectivity index (χ0n) is 39.0. The molecule has 0 heterocycles. The lowest BCUT2D eigenvalue weighted by atomic mass is 10.0. The molecule has 59 heavy (non-hydrogen) atoms. The molecule has 0 aliphatic heterocycles. The summed E-state index contributed by atoms with van der Waals surface area (Å²) in [5.74, 6) is -0.951. The summed E-state index contributed by atoms with van der Waals surface area (Å²) in [4.78, 5) is 37.8. The number of allylic oxidation sites excluding steroid dienone is 8. The smallest absolute Gasteiger partial charge is 0.306 e. The van der Waals surface area contributed by atoms with Crippen LogP contribution in [0.3, 0.4) is 0 Å². The molecule has 0 bridgehead atoms. The summed E-state index contributed by atoms with van der Waals surface area (Å²) < 4.78 is 16.7. The van der Waals surface area contributed by atoms with Gasteiger partial charge in [0.1, 0.15) is 13.2 Å². The number of carbonyl (C=O) groups excluding carboxylic acids is 3. The van der Waals surface area contributed by atoms with Gasteiger partial charge in [0.15, 0.2) is 6.10 Å². The molecular formula is C53H94O6. The number of unbranched alkanes of at least 4 members (excludes halogenated alkanes) is 26. The Kier molecular flexibility index (Phi) is 45.9. The van der Waals surface area contributed by atoms with Crippen molar-refractivity contribution < 1.29 is 28.6 Å². The minimum atomic E-state index is -0.793. The topological polar surface area (TPSA) is 78.9 Å². The minimum absolute atomic E-state index is 0.0899. The summed E-state index contributed by atoms with van der Waals surface area (Å²) in [6.07, 6.45) is 56.8. The van der Waals surface area contributed by atoms with Crippen LogP contribution >= 0.6 is 0 Å². The van der Waals surface area contributed by atoms with Gasteiger partial charge in [-0.1, -0.05) is 211 Å². The van der Waals surface area contributed by atoms with Crippen molar-refractivity contribution in [1.29, 1.82) is 0 Å². The number of rotatable bonds is 45. The molecule has 6 heteroatoms. The Bertz CT molecular complexity index is 1040. The van der Waals surface area contributed by atoms with Gasteiger partial charge in [-0.15, -0.1) is 0 Å². The van der Waals surface area contributed by atoms with Gasteiger partial charge in [-0.05, 0) is 70.6 Å². The highest BCUT2D eigenvalue weighted by Gasteiger charge is 2.19. The van der Waals surface area contributed by atoms with Gasteiger partial charge in [0.25, 0.3) is 0 Å². The quantitative estimate of drug-likeness (QED) is 0.0263. The van der Waals surface area contributed by atoms with Gasteiger partial charge in [-0.25, -0.2) is 0 Å².